The second-order valence-corrected chi connectivity index (χ2v) is 7.74. The minimum Gasteiger partial charge on any atom is -0.352 e. The number of carbonyl (C=O) groups is 1. The molecule has 0 fully saturated rings. The Kier molecular flexibility index (Phi) is 5.12. The highest BCUT2D eigenvalue weighted by Crippen LogP contribution is 2.22. The van der Waals surface area contributed by atoms with Gasteiger partial charge in [-0.05, 0) is 48.6 Å². The third kappa shape index (κ3) is 3.96. The highest BCUT2D eigenvalue weighted by Gasteiger charge is 2.14. The quantitative estimate of drug-likeness (QED) is 0.691. The molecule has 1 heterocycles. The van der Waals surface area contributed by atoms with Crippen molar-refractivity contribution < 1.29 is 4.79 Å². The molecule has 1 aromatic heterocycles. The molecule has 1 amide bonds. The van der Waals surface area contributed by atoms with E-state index in [0.717, 1.165) is 29.8 Å². The van der Waals surface area contributed by atoms with E-state index in [4.69, 9.17) is 0 Å². The van der Waals surface area contributed by atoms with Crippen LogP contribution >= 0.6 is 0 Å². The smallest absolute Gasteiger partial charge is 0.251 e. The summed E-state index contributed by atoms with van der Waals surface area (Å²) in [5, 5.41) is 3.01. The Bertz CT molecular complexity index is 901. The highest BCUT2D eigenvalue weighted by atomic mass is 16.1. The van der Waals surface area contributed by atoms with Gasteiger partial charge in [-0.2, -0.15) is 0 Å². The molecule has 26 heavy (non-hydrogen) atoms. The van der Waals surface area contributed by atoms with Crippen LogP contribution < -0.4 is 5.32 Å². The van der Waals surface area contributed by atoms with Crippen LogP contribution in [-0.4, -0.2) is 22.0 Å². The van der Waals surface area contributed by atoms with Crippen molar-refractivity contribution in [2.75, 3.05) is 6.54 Å². The Morgan fingerprint density at radius 2 is 1.77 bits per heavy atom. The molecule has 2 aromatic carbocycles. The van der Waals surface area contributed by atoms with Crippen molar-refractivity contribution in [1.82, 2.24) is 14.9 Å². The number of nitrogens with zero attached hydrogens (tertiary/aromatic N) is 2. The molecule has 0 radical (unpaired) electrons. The predicted molar refractivity (Wildman–Crippen MR) is 107 cm³/mol. The molecule has 0 saturated carbocycles. The van der Waals surface area contributed by atoms with Crippen LogP contribution in [-0.2, 0) is 12.0 Å². The summed E-state index contributed by atoms with van der Waals surface area (Å²) in [5.74, 6) is 0.993. The summed E-state index contributed by atoms with van der Waals surface area (Å²) in [5.41, 5.74) is 4.21. The van der Waals surface area contributed by atoms with E-state index in [1.54, 1.807) is 0 Å². The SMILES string of the molecule is Cc1nc2ccccc2n1CCCNC(=O)c1ccc(C(C)(C)C)cc1. The van der Waals surface area contributed by atoms with E-state index in [1.165, 1.54) is 5.56 Å². The van der Waals surface area contributed by atoms with Gasteiger partial charge in [0.25, 0.3) is 5.91 Å². The van der Waals surface area contributed by atoms with Gasteiger partial charge in [0.1, 0.15) is 5.82 Å². The molecule has 0 aliphatic carbocycles. The lowest BCUT2D eigenvalue weighted by Gasteiger charge is -2.19. The first-order valence-electron chi connectivity index (χ1n) is 9.17. The van der Waals surface area contributed by atoms with Crippen LogP contribution in [0.5, 0.6) is 0 Å². The van der Waals surface area contributed by atoms with Crippen LogP contribution in [0, 0.1) is 6.92 Å². The summed E-state index contributed by atoms with van der Waals surface area (Å²) in [4.78, 5) is 16.9. The molecule has 3 rings (SSSR count). The van der Waals surface area contributed by atoms with Crippen molar-refractivity contribution in [3.05, 3.63) is 65.5 Å². The Balaban J connectivity index is 1.54. The number of fused-ring (bicyclic) bond motifs is 1. The first kappa shape index (κ1) is 18.2. The number of hydrogen-bond donors (Lipinski definition) is 1. The van der Waals surface area contributed by atoms with E-state index in [1.807, 2.05) is 49.4 Å². The number of benzene rings is 2. The molecule has 0 aliphatic heterocycles. The van der Waals surface area contributed by atoms with Gasteiger partial charge in [0.15, 0.2) is 0 Å². The summed E-state index contributed by atoms with van der Waals surface area (Å²) in [6.45, 7) is 10.0. The van der Waals surface area contributed by atoms with Crippen LogP contribution in [0.4, 0.5) is 0 Å². The fourth-order valence-corrected chi connectivity index (χ4v) is 3.14. The Hall–Kier alpha value is -2.62. The second-order valence-electron chi connectivity index (χ2n) is 7.74. The van der Waals surface area contributed by atoms with E-state index in [0.29, 0.717) is 12.1 Å². The van der Waals surface area contributed by atoms with Crippen molar-refractivity contribution in [3.8, 4) is 0 Å². The molecule has 4 nitrogen and oxygen atoms in total. The van der Waals surface area contributed by atoms with E-state index in [9.17, 15) is 4.79 Å². The molecule has 0 saturated heterocycles. The zero-order valence-electron chi connectivity index (χ0n) is 16.0. The van der Waals surface area contributed by atoms with Crippen LogP contribution in [0.15, 0.2) is 48.5 Å². The maximum atomic E-state index is 12.3. The summed E-state index contributed by atoms with van der Waals surface area (Å²) < 4.78 is 2.21. The van der Waals surface area contributed by atoms with Gasteiger partial charge in [-0.1, -0.05) is 45.0 Å². The molecular weight excluding hydrogens is 322 g/mol. The zero-order valence-corrected chi connectivity index (χ0v) is 16.0. The monoisotopic (exact) mass is 349 g/mol. The molecule has 0 spiro atoms. The number of aromatic nitrogens is 2. The largest absolute Gasteiger partial charge is 0.352 e. The first-order valence-corrected chi connectivity index (χ1v) is 9.17. The van der Waals surface area contributed by atoms with Gasteiger partial charge in [-0.3, -0.25) is 4.79 Å². The Morgan fingerprint density at radius 3 is 2.46 bits per heavy atom. The normalized spacial score (nSPS) is 11.7. The second kappa shape index (κ2) is 7.32. The number of para-hydroxylation sites is 2. The van der Waals surface area contributed by atoms with Crippen molar-refractivity contribution in [2.24, 2.45) is 0 Å². The van der Waals surface area contributed by atoms with Crippen molar-refractivity contribution in [3.63, 3.8) is 0 Å². The van der Waals surface area contributed by atoms with Gasteiger partial charge in [0.05, 0.1) is 11.0 Å². The molecule has 0 aliphatic rings. The molecule has 136 valence electrons. The third-order valence-electron chi connectivity index (χ3n) is 4.70. The lowest BCUT2D eigenvalue weighted by molar-refractivity contribution is 0.0952. The number of amides is 1. The van der Waals surface area contributed by atoms with Gasteiger partial charge in [-0.15, -0.1) is 0 Å². The lowest BCUT2D eigenvalue weighted by atomic mass is 9.87. The Morgan fingerprint density at radius 1 is 1.08 bits per heavy atom. The Labute approximate surface area is 155 Å². The van der Waals surface area contributed by atoms with Gasteiger partial charge < -0.3 is 9.88 Å². The van der Waals surface area contributed by atoms with Crippen molar-refractivity contribution in [1.29, 1.82) is 0 Å². The van der Waals surface area contributed by atoms with Crippen LogP contribution in [0.3, 0.4) is 0 Å². The summed E-state index contributed by atoms with van der Waals surface area (Å²) >= 11 is 0. The number of imidazole rings is 1. The maximum absolute atomic E-state index is 12.3. The van der Waals surface area contributed by atoms with Crippen molar-refractivity contribution >= 4 is 16.9 Å². The van der Waals surface area contributed by atoms with Gasteiger partial charge >= 0.3 is 0 Å². The van der Waals surface area contributed by atoms with Crippen LogP contribution in [0.25, 0.3) is 11.0 Å². The molecule has 0 bridgehead atoms. The fraction of sp³-hybridized carbons (Fsp3) is 0.364. The average molecular weight is 349 g/mol. The molecular formula is C22H27N3O. The topological polar surface area (TPSA) is 46.9 Å². The zero-order chi connectivity index (χ0) is 18.7. The molecule has 0 atom stereocenters. The predicted octanol–water partition coefficient (Wildman–Crippen LogP) is 4.46. The van der Waals surface area contributed by atoms with E-state index in [2.05, 4.69) is 41.7 Å². The minimum atomic E-state index is -0.0160. The molecule has 4 heteroatoms. The lowest BCUT2D eigenvalue weighted by Crippen LogP contribution is -2.25. The van der Waals surface area contributed by atoms with Gasteiger partial charge in [0, 0.05) is 18.7 Å². The van der Waals surface area contributed by atoms with Crippen LogP contribution in [0.2, 0.25) is 0 Å². The summed E-state index contributed by atoms with van der Waals surface area (Å²) in [7, 11) is 0. The minimum absolute atomic E-state index is 0.0160. The summed E-state index contributed by atoms with van der Waals surface area (Å²) in [6, 6.07) is 16.0. The third-order valence-corrected chi connectivity index (χ3v) is 4.70. The van der Waals surface area contributed by atoms with Crippen LogP contribution in [0.1, 0.15) is 48.9 Å². The summed E-state index contributed by atoms with van der Waals surface area (Å²) in [6.07, 6.45) is 0.868. The molecule has 1 N–H and O–H groups in total. The van der Waals surface area contributed by atoms with E-state index in [-0.39, 0.29) is 11.3 Å². The number of aryl methyl sites for hydroxylation is 2. The average Bonchev–Trinajstić information content (AvgIpc) is 2.93. The van der Waals surface area contributed by atoms with E-state index < -0.39 is 0 Å². The standard InChI is InChI=1S/C22H27N3O/c1-16-24-19-8-5-6-9-20(19)25(16)15-7-14-23-21(26)17-10-12-18(13-11-17)22(2,3)4/h5-6,8-13H,7,14-15H2,1-4H3,(H,23,26). The molecule has 0 unspecified atom stereocenters. The maximum Gasteiger partial charge on any atom is 0.251 e. The first-order chi connectivity index (χ1) is 12.4. The highest BCUT2D eigenvalue weighted by molar-refractivity contribution is 5.94. The number of hydrogen-bond acceptors (Lipinski definition) is 2. The van der Waals surface area contributed by atoms with Crippen molar-refractivity contribution in [2.45, 2.75) is 46.1 Å². The molecule has 3 aromatic rings. The number of carbonyl (C=O) groups excluding carboxylic acids is 1. The van der Waals surface area contributed by atoms with Gasteiger partial charge in [0.2, 0.25) is 0 Å². The fourth-order valence-electron chi connectivity index (χ4n) is 3.14. The van der Waals surface area contributed by atoms with E-state index >= 15 is 0 Å². The van der Waals surface area contributed by atoms with Gasteiger partial charge in [-0.25, -0.2) is 4.98 Å². The number of rotatable bonds is 5. The number of nitrogens with one attached hydrogen (secondary N) is 1.